The van der Waals surface area contributed by atoms with Crippen molar-refractivity contribution < 1.29 is 13.2 Å². The van der Waals surface area contributed by atoms with E-state index in [1.165, 1.54) is 28.6 Å². The molecule has 0 saturated carbocycles. The van der Waals surface area contributed by atoms with Crippen LogP contribution in [-0.2, 0) is 21.4 Å². The van der Waals surface area contributed by atoms with Gasteiger partial charge in [0.1, 0.15) is 6.04 Å². The zero-order chi connectivity index (χ0) is 21.8. The third-order valence-electron chi connectivity index (χ3n) is 5.15. The van der Waals surface area contributed by atoms with E-state index in [0.29, 0.717) is 23.7 Å². The Bertz CT molecular complexity index is 1150. The van der Waals surface area contributed by atoms with E-state index >= 15 is 0 Å². The van der Waals surface area contributed by atoms with Gasteiger partial charge >= 0.3 is 0 Å². The standard InChI is InChI=1S/C21H22ClN5O3S/c22-16-9-11-19(12-10-16)31(29,30)27(20-8-4-5-13-23-21(20)28)15-17-14-26(25-24-17)18-6-2-1-3-7-18/h1-3,6-7,9-12,14,20H,4-5,8,13,15H2,(H,23,28)/t20-/m1/s1. The minimum Gasteiger partial charge on any atom is -0.355 e. The van der Waals surface area contributed by atoms with E-state index in [4.69, 9.17) is 11.6 Å². The highest BCUT2D eigenvalue weighted by Crippen LogP contribution is 2.25. The smallest absolute Gasteiger partial charge is 0.244 e. The first-order valence-corrected chi connectivity index (χ1v) is 11.8. The number of aromatic nitrogens is 3. The molecule has 1 aliphatic heterocycles. The van der Waals surface area contributed by atoms with Crippen molar-refractivity contribution in [1.29, 1.82) is 0 Å². The van der Waals surface area contributed by atoms with Gasteiger partial charge in [-0.05, 0) is 55.7 Å². The molecule has 8 nitrogen and oxygen atoms in total. The van der Waals surface area contributed by atoms with Crippen LogP contribution in [0.3, 0.4) is 0 Å². The Hall–Kier alpha value is -2.75. The van der Waals surface area contributed by atoms with E-state index in [-0.39, 0.29) is 17.3 Å². The van der Waals surface area contributed by atoms with E-state index in [0.717, 1.165) is 18.5 Å². The number of hydrogen-bond acceptors (Lipinski definition) is 5. The quantitative estimate of drug-likeness (QED) is 0.611. The van der Waals surface area contributed by atoms with E-state index in [9.17, 15) is 13.2 Å². The fourth-order valence-corrected chi connectivity index (χ4v) is 5.26. The largest absolute Gasteiger partial charge is 0.355 e. The first-order chi connectivity index (χ1) is 14.9. The first-order valence-electron chi connectivity index (χ1n) is 9.97. The van der Waals surface area contributed by atoms with Crippen molar-refractivity contribution in [2.75, 3.05) is 6.54 Å². The second kappa shape index (κ2) is 9.17. The van der Waals surface area contributed by atoms with Gasteiger partial charge in [-0.25, -0.2) is 13.1 Å². The molecular weight excluding hydrogens is 438 g/mol. The number of nitrogens with one attached hydrogen (secondary N) is 1. The molecule has 1 saturated heterocycles. The summed E-state index contributed by atoms with van der Waals surface area (Å²) >= 11 is 5.93. The van der Waals surface area contributed by atoms with Gasteiger partial charge in [0.05, 0.1) is 29.0 Å². The molecule has 1 atom stereocenters. The van der Waals surface area contributed by atoms with Crippen molar-refractivity contribution in [3.05, 3.63) is 71.5 Å². The summed E-state index contributed by atoms with van der Waals surface area (Å²) in [7, 11) is -3.98. The van der Waals surface area contributed by atoms with Gasteiger partial charge in [0.2, 0.25) is 15.9 Å². The van der Waals surface area contributed by atoms with Crippen LogP contribution in [0, 0.1) is 0 Å². The van der Waals surface area contributed by atoms with Crippen LogP contribution < -0.4 is 5.32 Å². The van der Waals surface area contributed by atoms with Gasteiger partial charge in [-0.2, -0.15) is 4.31 Å². The molecule has 2 heterocycles. The van der Waals surface area contributed by atoms with E-state index in [1.54, 1.807) is 10.9 Å². The van der Waals surface area contributed by atoms with Crippen molar-refractivity contribution in [3.8, 4) is 5.69 Å². The summed E-state index contributed by atoms with van der Waals surface area (Å²) in [4.78, 5) is 12.8. The third kappa shape index (κ3) is 4.79. The maximum absolute atomic E-state index is 13.5. The summed E-state index contributed by atoms with van der Waals surface area (Å²) in [6, 6.07) is 14.5. The van der Waals surface area contributed by atoms with Crippen LogP contribution in [0.25, 0.3) is 5.69 Å². The monoisotopic (exact) mass is 459 g/mol. The molecule has 1 fully saturated rings. The van der Waals surface area contributed by atoms with Crippen LogP contribution in [0.15, 0.2) is 65.7 Å². The van der Waals surface area contributed by atoms with Gasteiger partial charge in [0.15, 0.2) is 0 Å². The molecule has 4 rings (SSSR count). The highest BCUT2D eigenvalue weighted by molar-refractivity contribution is 7.89. The van der Waals surface area contributed by atoms with E-state index in [1.807, 2.05) is 30.3 Å². The summed E-state index contributed by atoms with van der Waals surface area (Å²) in [6.07, 6.45) is 3.66. The molecule has 31 heavy (non-hydrogen) atoms. The van der Waals surface area contributed by atoms with Gasteiger partial charge in [-0.15, -0.1) is 5.10 Å². The number of carbonyl (C=O) groups excluding carboxylic acids is 1. The summed E-state index contributed by atoms with van der Waals surface area (Å²) < 4.78 is 29.9. The number of halogens is 1. The zero-order valence-corrected chi connectivity index (χ0v) is 18.3. The average molecular weight is 460 g/mol. The lowest BCUT2D eigenvalue weighted by molar-refractivity contribution is -0.124. The number of hydrogen-bond donors (Lipinski definition) is 1. The van der Waals surface area contributed by atoms with Gasteiger partial charge in [0.25, 0.3) is 0 Å². The molecule has 1 aliphatic rings. The number of sulfonamides is 1. The number of carbonyl (C=O) groups is 1. The SMILES string of the molecule is O=C1NCCCC[C@H]1N(Cc1cn(-c2ccccc2)nn1)S(=O)(=O)c1ccc(Cl)cc1. The van der Waals surface area contributed by atoms with Crippen LogP contribution >= 0.6 is 11.6 Å². The topological polar surface area (TPSA) is 97.2 Å². The molecule has 1 N–H and O–H groups in total. The molecule has 0 spiro atoms. The second-order valence-corrected chi connectivity index (χ2v) is 9.62. The summed E-state index contributed by atoms with van der Waals surface area (Å²) in [5.74, 6) is -0.300. The molecule has 1 amide bonds. The van der Waals surface area contributed by atoms with Gasteiger partial charge in [-0.3, -0.25) is 4.79 Å². The Morgan fingerprint density at radius 3 is 2.58 bits per heavy atom. The zero-order valence-electron chi connectivity index (χ0n) is 16.7. The summed E-state index contributed by atoms with van der Waals surface area (Å²) in [5, 5.41) is 11.5. The fourth-order valence-electron chi connectivity index (χ4n) is 3.54. The van der Waals surface area contributed by atoms with Crippen molar-refractivity contribution in [2.24, 2.45) is 0 Å². The Balaban J connectivity index is 1.69. The second-order valence-electron chi connectivity index (χ2n) is 7.30. The Kier molecular flexibility index (Phi) is 6.35. The van der Waals surface area contributed by atoms with E-state index in [2.05, 4.69) is 15.6 Å². The number of benzene rings is 2. The third-order valence-corrected chi connectivity index (χ3v) is 7.27. The average Bonchev–Trinajstić information content (AvgIpc) is 3.14. The van der Waals surface area contributed by atoms with Crippen LogP contribution in [-0.4, -0.2) is 46.2 Å². The van der Waals surface area contributed by atoms with Crippen LogP contribution in [0.4, 0.5) is 0 Å². The number of nitrogens with zero attached hydrogens (tertiary/aromatic N) is 4. The normalized spacial score (nSPS) is 17.4. The predicted octanol–water partition coefficient (Wildman–Crippen LogP) is 2.78. The molecule has 0 aliphatic carbocycles. The molecule has 3 aromatic rings. The molecule has 0 bridgehead atoms. The number of rotatable bonds is 6. The molecule has 162 valence electrons. The Labute approximate surface area is 185 Å². The van der Waals surface area contributed by atoms with Crippen molar-refractivity contribution in [3.63, 3.8) is 0 Å². The highest BCUT2D eigenvalue weighted by Gasteiger charge is 2.37. The highest BCUT2D eigenvalue weighted by atomic mass is 35.5. The lowest BCUT2D eigenvalue weighted by Gasteiger charge is -2.28. The van der Waals surface area contributed by atoms with Gasteiger partial charge < -0.3 is 5.32 Å². The lowest BCUT2D eigenvalue weighted by atomic mass is 10.1. The minimum atomic E-state index is -3.98. The van der Waals surface area contributed by atoms with Crippen LogP contribution in [0.2, 0.25) is 5.02 Å². The van der Waals surface area contributed by atoms with Crippen molar-refractivity contribution >= 4 is 27.5 Å². The molecule has 2 aromatic carbocycles. The molecular formula is C21H22ClN5O3S. The number of para-hydroxylation sites is 1. The first kappa shape index (κ1) is 21.5. The van der Waals surface area contributed by atoms with Crippen LogP contribution in [0.5, 0.6) is 0 Å². The lowest BCUT2D eigenvalue weighted by Crippen LogP contribution is -2.48. The molecule has 0 unspecified atom stereocenters. The van der Waals surface area contributed by atoms with Gasteiger partial charge in [-0.1, -0.05) is 35.0 Å². The molecule has 10 heteroatoms. The van der Waals surface area contributed by atoms with Crippen molar-refractivity contribution in [2.45, 2.75) is 36.7 Å². The van der Waals surface area contributed by atoms with Gasteiger partial charge in [0, 0.05) is 11.6 Å². The van der Waals surface area contributed by atoms with Crippen molar-refractivity contribution in [1.82, 2.24) is 24.6 Å². The fraction of sp³-hybridized carbons (Fsp3) is 0.286. The number of amides is 1. The maximum atomic E-state index is 13.5. The molecule has 1 aromatic heterocycles. The Morgan fingerprint density at radius 1 is 1.10 bits per heavy atom. The van der Waals surface area contributed by atoms with Crippen LogP contribution in [0.1, 0.15) is 25.0 Å². The predicted molar refractivity (Wildman–Crippen MR) is 116 cm³/mol. The summed E-state index contributed by atoms with van der Waals surface area (Å²) in [6.45, 7) is 0.463. The Morgan fingerprint density at radius 2 is 1.84 bits per heavy atom. The maximum Gasteiger partial charge on any atom is 0.244 e. The van der Waals surface area contributed by atoms with E-state index < -0.39 is 16.1 Å². The summed E-state index contributed by atoms with van der Waals surface area (Å²) in [5.41, 5.74) is 1.25. The minimum absolute atomic E-state index is 0.0735. The molecule has 0 radical (unpaired) electrons.